The third-order valence-electron chi connectivity index (χ3n) is 3.03. The SMILES string of the molecule is CC(=[OH+])/C=C(/C)O.COc1ccnc(C2=[C-]C(F)(F)C(F)(F)C2(F)F)c1.[Ir]. The van der Waals surface area contributed by atoms with Crippen molar-refractivity contribution < 1.29 is 61.1 Å². The summed E-state index contributed by atoms with van der Waals surface area (Å²) in [7, 11) is 1.20. The molecule has 0 atom stereocenters. The second-order valence-electron chi connectivity index (χ2n) is 5.23. The maximum atomic E-state index is 13.4. The summed E-state index contributed by atoms with van der Waals surface area (Å²) in [5, 5.41) is 8.40. The smallest absolute Gasteiger partial charge is 0.360 e. The van der Waals surface area contributed by atoms with Crippen LogP contribution in [0.5, 0.6) is 5.75 Å². The van der Waals surface area contributed by atoms with Gasteiger partial charge in [0.25, 0.3) is 5.92 Å². The van der Waals surface area contributed by atoms with Crippen LogP contribution in [0.4, 0.5) is 26.3 Å². The fourth-order valence-corrected chi connectivity index (χ4v) is 1.87. The number of methoxy groups -OCH3 is 1. The summed E-state index contributed by atoms with van der Waals surface area (Å²) in [6, 6.07) is 2.11. The molecule has 1 aliphatic rings. The summed E-state index contributed by atoms with van der Waals surface area (Å²) in [4.78, 5) is 11.8. The van der Waals surface area contributed by atoms with Crippen LogP contribution < -0.4 is 4.74 Å². The van der Waals surface area contributed by atoms with Gasteiger partial charge >= 0.3 is 17.6 Å². The van der Waals surface area contributed by atoms with Crippen LogP contribution in [0.1, 0.15) is 19.5 Å². The van der Waals surface area contributed by atoms with Gasteiger partial charge in [-0.25, -0.2) is 8.78 Å². The molecule has 0 saturated heterocycles. The Morgan fingerprint density at radius 3 is 2.11 bits per heavy atom. The number of nitrogens with zero attached hydrogens (tertiary/aromatic N) is 1. The van der Waals surface area contributed by atoms with Gasteiger partial charge in [-0.3, -0.25) is 4.79 Å². The van der Waals surface area contributed by atoms with Crippen LogP contribution >= 0.6 is 0 Å². The molecule has 0 amide bonds. The topological polar surface area (TPSA) is 63.8 Å². The first kappa shape index (κ1) is 25.1. The van der Waals surface area contributed by atoms with Crippen molar-refractivity contribution >= 4 is 11.4 Å². The fourth-order valence-electron chi connectivity index (χ4n) is 1.87. The van der Waals surface area contributed by atoms with E-state index in [0.717, 1.165) is 18.3 Å². The van der Waals surface area contributed by atoms with E-state index >= 15 is 0 Å². The number of aliphatic hydroxyl groups excluding tert-OH is 1. The molecule has 0 aromatic carbocycles. The Hall–Kier alpha value is -1.87. The fraction of sp³-hybridized carbons (Fsp3) is 0.375. The molecule has 11 heteroatoms. The van der Waals surface area contributed by atoms with Crippen molar-refractivity contribution in [1.29, 1.82) is 0 Å². The number of aliphatic hydroxyl groups is 1. The van der Waals surface area contributed by atoms with Crippen LogP contribution in [0.3, 0.4) is 0 Å². The maximum Gasteiger partial charge on any atom is 0.360 e. The molecule has 0 unspecified atom stereocenters. The molecule has 1 radical (unpaired) electrons. The molecule has 2 rings (SSSR count). The molecule has 4 nitrogen and oxygen atoms in total. The summed E-state index contributed by atoms with van der Waals surface area (Å²) < 4.78 is 83.3. The number of alkyl halides is 6. The second-order valence-corrected chi connectivity index (χ2v) is 5.23. The van der Waals surface area contributed by atoms with E-state index in [-0.39, 0.29) is 37.4 Å². The number of hydrogen-bond acceptors (Lipinski definition) is 3. The zero-order valence-corrected chi connectivity index (χ0v) is 16.6. The Morgan fingerprint density at radius 2 is 1.78 bits per heavy atom. The largest absolute Gasteiger partial charge is 0.512 e. The molecule has 0 fully saturated rings. The molecule has 2 N–H and O–H groups in total. The summed E-state index contributed by atoms with van der Waals surface area (Å²) in [6.45, 7) is 3.00. The van der Waals surface area contributed by atoms with Crippen molar-refractivity contribution in [2.24, 2.45) is 0 Å². The predicted octanol–water partition coefficient (Wildman–Crippen LogP) is 4.21. The summed E-state index contributed by atoms with van der Waals surface area (Å²) in [5.74, 6) is -15.4. The first-order valence-electron chi connectivity index (χ1n) is 6.95. The normalized spacial score (nSPS) is 19.1. The molecule has 1 aromatic heterocycles. The standard InChI is InChI=1S/C11H6F6NO.C5H8O2.Ir/c1-19-6-2-3-18-8(4-6)7-5-9(12,13)11(16,17)10(7,14)15;1-4(6)3-5(2)7;/h2-4H,1H3;3,6H,1-2H3;/q-1;;/p+1/b;4-3-;. The van der Waals surface area contributed by atoms with Gasteiger partial charge in [0, 0.05) is 26.3 Å². The number of ketones is 1. The first-order valence-corrected chi connectivity index (χ1v) is 6.95. The van der Waals surface area contributed by atoms with Gasteiger partial charge in [0.2, 0.25) is 0 Å². The zero-order chi connectivity index (χ0) is 20.3. The van der Waals surface area contributed by atoms with Crippen molar-refractivity contribution in [1.82, 2.24) is 4.98 Å². The molecule has 153 valence electrons. The average molecular weight is 576 g/mol. The van der Waals surface area contributed by atoms with Crippen LogP contribution in [0, 0.1) is 6.08 Å². The summed E-state index contributed by atoms with van der Waals surface area (Å²) in [5.41, 5.74) is -2.37. The van der Waals surface area contributed by atoms with Gasteiger partial charge in [-0.2, -0.15) is 23.6 Å². The van der Waals surface area contributed by atoms with Crippen LogP contribution in [0.25, 0.3) is 5.57 Å². The number of allylic oxidation sites excluding steroid dienone is 4. The van der Waals surface area contributed by atoms with E-state index < -0.39 is 29.0 Å². The quantitative estimate of drug-likeness (QED) is 0.193. The van der Waals surface area contributed by atoms with Gasteiger partial charge in [-0.05, 0) is 13.0 Å². The Balaban J connectivity index is 0.000000728. The van der Waals surface area contributed by atoms with E-state index in [4.69, 9.17) is 9.90 Å². The minimum atomic E-state index is -5.54. The summed E-state index contributed by atoms with van der Waals surface area (Å²) >= 11 is 0. The molecule has 0 saturated carbocycles. The minimum absolute atomic E-state index is 0. The third-order valence-corrected chi connectivity index (χ3v) is 3.03. The van der Waals surface area contributed by atoms with Gasteiger partial charge in [0.1, 0.15) is 5.75 Å². The van der Waals surface area contributed by atoms with Crippen molar-refractivity contribution in [3.05, 3.63) is 41.9 Å². The van der Waals surface area contributed by atoms with Gasteiger partial charge in [0.15, 0.2) is 0 Å². The van der Waals surface area contributed by atoms with Crippen molar-refractivity contribution in [2.75, 3.05) is 7.11 Å². The third kappa shape index (κ3) is 5.32. The second kappa shape index (κ2) is 8.88. The van der Waals surface area contributed by atoms with E-state index in [1.54, 1.807) is 0 Å². The monoisotopic (exact) mass is 576 g/mol. The molecule has 1 aliphatic carbocycles. The minimum Gasteiger partial charge on any atom is -0.512 e. The number of halogens is 6. The Labute approximate surface area is 164 Å². The van der Waals surface area contributed by atoms with E-state index in [1.165, 1.54) is 33.1 Å². The van der Waals surface area contributed by atoms with E-state index in [9.17, 15) is 26.3 Å². The van der Waals surface area contributed by atoms with Crippen molar-refractivity contribution in [3.63, 3.8) is 0 Å². The average Bonchev–Trinajstić information content (AvgIpc) is 2.63. The van der Waals surface area contributed by atoms with Gasteiger partial charge in [-0.1, -0.05) is 11.8 Å². The molecule has 0 bridgehead atoms. The van der Waals surface area contributed by atoms with E-state index in [1.807, 2.05) is 0 Å². The molecule has 1 aromatic rings. The van der Waals surface area contributed by atoms with Crippen molar-refractivity contribution in [2.45, 2.75) is 31.6 Å². The molecule has 1 heterocycles. The zero-order valence-electron chi connectivity index (χ0n) is 14.2. The number of pyridine rings is 1. The van der Waals surface area contributed by atoms with Gasteiger partial charge < -0.3 is 14.8 Å². The van der Waals surface area contributed by atoms with Gasteiger partial charge in [-0.15, -0.1) is 5.57 Å². The first-order chi connectivity index (χ1) is 11.8. The summed E-state index contributed by atoms with van der Waals surface area (Å²) in [6.07, 6.45) is 3.10. The predicted molar refractivity (Wildman–Crippen MR) is 81.3 cm³/mol. The molecule has 27 heavy (non-hydrogen) atoms. The molecule has 0 spiro atoms. The number of aromatic nitrogens is 1. The molecular weight excluding hydrogens is 560 g/mol. The van der Waals surface area contributed by atoms with Crippen LogP contribution in [-0.4, -0.2) is 45.5 Å². The number of ether oxygens (including phenoxy) is 1. The number of hydrogen-bond donors (Lipinski definition) is 1. The number of carbonyl (C=O) groups excluding carboxylic acids is 1. The van der Waals surface area contributed by atoms with Crippen molar-refractivity contribution in [3.8, 4) is 5.75 Å². The Kier molecular flexibility index (Phi) is 8.26. The van der Waals surface area contributed by atoms with Crippen LogP contribution in [0.2, 0.25) is 0 Å². The van der Waals surface area contributed by atoms with Crippen LogP contribution in [0.15, 0.2) is 30.2 Å². The van der Waals surface area contributed by atoms with Gasteiger partial charge in [0.05, 0.1) is 25.9 Å². The maximum absolute atomic E-state index is 13.4. The molecule has 0 aliphatic heterocycles. The Bertz CT molecular complexity index is 745. The van der Waals surface area contributed by atoms with E-state index in [2.05, 4.69) is 9.72 Å². The molecular formula is C16H15F6IrNO3. The van der Waals surface area contributed by atoms with Crippen LogP contribution in [-0.2, 0) is 20.1 Å². The number of rotatable bonds is 3. The van der Waals surface area contributed by atoms with E-state index in [0.29, 0.717) is 0 Å². The Morgan fingerprint density at radius 1 is 1.22 bits per heavy atom.